The molecule has 2 bridgehead atoms. The van der Waals surface area contributed by atoms with Crippen LogP contribution in [-0.4, -0.2) is 57.9 Å². The van der Waals surface area contributed by atoms with Gasteiger partial charge < -0.3 is 14.3 Å². The van der Waals surface area contributed by atoms with E-state index in [4.69, 9.17) is 4.52 Å². The molecule has 4 atom stereocenters. The first kappa shape index (κ1) is 17.8. The Bertz CT molecular complexity index is 872. The van der Waals surface area contributed by atoms with Crippen LogP contribution in [0.2, 0.25) is 0 Å². The zero-order valence-electron chi connectivity index (χ0n) is 15.9. The number of nitrogens with zero attached hydrogens (tertiary/aromatic N) is 4. The van der Waals surface area contributed by atoms with Gasteiger partial charge in [-0.3, -0.25) is 9.59 Å². The molecule has 1 aliphatic heterocycles. The van der Waals surface area contributed by atoms with Crippen molar-refractivity contribution in [1.29, 1.82) is 0 Å². The lowest BCUT2D eigenvalue weighted by atomic mass is 9.78. The molecule has 3 fully saturated rings. The third-order valence-corrected chi connectivity index (χ3v) is 7.43. The molecular formula is C20H24N4O3S. The average Bonchev–Trinajstić information content (AvgIpc) is 3.50. The molecule has 0 radical (unpaired) electrons. The van der Waals surface area contributed by atoms with Gasteiger partial charge in [-0.15, -0.1) is 0 Å². The normalized spacial score (nSPS) is 29.5. The van der Waals surface area contributed by atoms with Crippen LogP contribution in [0.3, 0.4) is 0 Å². The number of hydrogen-bond acceptors (Lipinski definition) is 6. The van der Waals surface area contributed by atoms with E-state index in [9.17, 15) is 9.59 Å². The van der Waals surface area contributed by atoms with Gasteiger partial charge in [0.15, 0.2) is 0 Å². The van der Waals surface area contributed by atoms with Gasteiger partial charge in [0.25, 0.3) is 0 Å². The number of carbonyl (C=O) groups is 2. The molecule has 2 aromatic heterocycles. The van der Waals surface area contributed by atoms with Crippen LogP contribution in [0.4, 0.5) is 0 Å². The Labute approximate surface area is 167 Å². The van der Waals surface area contributed by atoms with Crippen molar-refractivity contribution in [1.82, 2.24) is 19.9 Å². The van der Waals surface area contributed by atoms with Crippen LogP contribution in [0.5, 0.6) is 0 Å². The minimum absolute atomic E-state index is 0.0250. The summed E-state index contributed by atoms with van der Waals surface area (Å²) in [5, 5.41) is 8.18. The van der Waals surface area contributed by atoms with Crippen LogP contribution in [-0.2, 0) is 9.59 Å². The minimum atomic E-state index is -0.0709. The van der Waals surface area contributed by atoms with Crippen molar-refractivity contribution >= 4 is 23.2 Å². The highest BCUT2D eigenvalue weighted by Crippen LogP contribution is 2.57. The first-order chi connectivity index (χ1) is 13.6. The van der Waals surface area contributed by atoms with E-state index in [0.29, 0.717) is 49.7 Å². The predicted octanol–water partition coefficient (Wildman–Crippen LogP) is 2.62. The number of rotatable bonds is 3. The summed E-state index contributed by atoms with van der Waals surface area (Å²) < 4.78 is 5.66. The maximum atomic E-state index is 13.4. The molecule has 0 spiro atoms. The standard InChI is InChI=1S/C20H24N4O3S/c1-12(25)23-5-7-24(8-6-23)20(26)17-14-3-2-13(10-14)16(17)19-21-18(22-27-19)15-4-9-28-11-15/h4,9,11,13-14,16-17H,2-3,5-8,10H2,1H3/t13-,14+,16+,17+/m1/s1. The summed E-state index contributed by atoms with van der Waals surface area (Å²) in [7, 11) is 0. The van der Waals surface area contributed by atoms with Crippen molar-refractivity contribution in [2.75, 3.05) is 26.2 Å². The molecule has 3 heterocycles. The monoisotopic (exact) mass is 400 g/mol. The van der Waals surface area contributed by atoms with Crippen molar-refractivity contribution in [2.24, 2.45) is 17.8 Å². The Morgan fingerprint density at radius 3 is 2.61 bits per heavy atom. The lowest BCUT2D eigenvalue weighted by molar-refractivity contribution is -0.143. The summed E-state index contributed by atoms with van der Waals surface area (Å²) in [5.41, 5.74) is 0.964. The van der Waals surface area contributed by atoms with Crippen LogP contribution in [0.15, 0.2) is 21.3 Å². The molecule has 5 rings (SSSR count). The van der Waals surface area contributed by atoms with E-state index >= 15 is 0 Å². The first-order valence-corrected chi connectivity index (χ1v) is 11.0. The SMILES string of the molecule is CC(=O)N1CCN(C(=O)[C@H]2[C@H]3CC[C@H](C3)[C@@H]2c2nc(-c3ccsc3)no2)CC1. The zero-order valence-corrected chi connectivity index (χ0v) is 16.7. The van der Waals surface area contributed by atoms with E-state index in [1.165, 1.54) is 0 Å². The number of amides is 2. The highest BCUT2D eigenvalue weighted by molar-refractivity contribution is 7.08. The van der Waals surface area contributed by atoms with E-state index in [0.717, 1.165) is 24.8 Å². The fourth-order valence-electron chi connectivity index (χ4n) is 5.33. The Kier molecular flexibility index (Phi) is 4.45. The molecule has 3 aliphatic rings. The molecule has 7 nitrogen and oxygen atoms in total. The number of hydrogen-bond donors (Lipinski definition) is 0. The molecular weight excluding hydrogens is 376 g/mol. The van der Waals surface area contributed by atoms with Crippen LogP contribution >= 0.6 is 11.3 Å². The fraction of sp³-hybridized carbons (Fsp3) is 0.600. The molecule has 2 aliphatic carbocycles. The second-order valence-electron chi connectivity index (χ2n) is 8.18. The van der Waals surface area contributed by atoms with E-state index in [-0.39, 0.29) is 23.7 Å². The fourth-order valence-corrected chi connectivity index (χ4v) is 5.97. The molecule has 148 valence electrons. The minimum Gasteiger partial charge on any atom is -0.339 e. The molecule has 2 aromatic rings. The third-order valence-electron chi connectivity index (χ3n) is 6.74. The Balaban J connectivity index is 1.36. The third kappa shape index (κ3) is 2.94. The number of piperazine rings is 1. The number of aromatic nitrogens is 2. The summed E-state index contributed by atoms with van der Waals surface area (Å²) in [6.45, 7) is 4.06. The van der Waals surface area contributed by atoms with Crippen molar-refractivity contribution in [3.8, 4) is 11.4 Å². The van der Waals surface area contributed by atoms with Gasteiger partial charge in [-0.25, -0.2) is 0 Å². The van der Waals surface area contributed by atoms with Crippen LogP contribution < -0.4 is 0 Å². The van der Waals surface area contributed by atoms with Crippen LogP contribution in [0.25, 0.3) is 11.4 Å². The molecule has 8 heteroatoms. The molecule has 2 saturated carbocycles. The lowest BCUT2D eigenvalue weighted by Crippen LogP contribution is -2.52. The quantitative estimate of drug-likeness (QED) is 0.791. The Hall–Kier alpha value is -2.22. The van der Waals surface area contributed by atoms with Gasteiger partial charge in [-0.05, 0) is 42.5 Å². The van der Waals surface area contributed by atoms with Gasteiger partial charge >= 0.3 is 0 Å². The molecule has 2 amide bonds. The van der Waals surface area contributed by atoms with E-state index < -0.39 is 0 Å². The van der Waals surface area contributed by atoms with Crippen molar-refractivity contribution in [3.63, 3.8) is 0 Å². The van der Waals surface area contributed by atoms with E-state index in [2.05, 4.69) is 10.1 Å². The number of carbonyl (C=O) groups excluding carboxylic acids is 2. The van der Waals surface area contributed by atoms with Crippen LogP contribution in [0.1, 0.15) is 38.0 Å². The molecule has 0 N–H and O–H groups in total. The van der Waals surface area contributed by atoms with Crippen LogP contribution in [0, 0.1) is 17.8 Å². The predicted molar refractivity (Wildman–Crippen MR) is 104 cm³/mol. The van der Waals surface area contributed by atoms with Crippen molar-refractivity contribution in [2.45, 2.75) is 32.1 Å². The summed E-state index contributed by atoms with van der Waals surface area (Å²) in [5.74, 6) is 2.33. The smallest absolute Gasteiger partial charge is 0.231 e. The maximum Gasteiger partial charge on any atom is 0.231 e. The lowest BCUT2D eigenvalue weighted by Gasteiger charge is -2.38. The molecule has 28 heavy (non-hydrogen) atoms. The summed E-state index contributed by atoms with van der Waals surface area (Å²) in [4.78, 5) is 33.4. The second kappa shape index (κ2) is 6.99. The summed E-state index contributed by atoms with van der Waals surface area (Å²) in [6.07, 6.45) is 3.31. The second-order valence-corrected chi connectivity index (χ2v) is 8.96. The Morgan fingerprint density at radius 1 is 1.14 bits per heavy atom. The molecule has 0 aromatic carbocycles. The topological polar surface area (TPSA) is 79.5 Å². The van der Waals surface area contributed by atoms with Crippen molar-refractivity contribution < 1.29 is 14.1 Å². The zero-order chi connectivity index (χ0) is 19.3. The van der Waals surface area contributed by atoms with Gasteiger partial charge in [-0.1, -0.05) is 5.16 Å². The summed E-state index contributed by atoms with van der Waals surface area (Å²) in [6, 6.07) is 1.98. The van der Waals surface area contributed by atoms with Gasteiger partial charge in [0, 0.05) is 44.0 Å². The van der Waals surface area contributed by atoms with Gasteiger partial charge in [0.2, 0.25) is 23.5 Å². The maximum absolute atomic E-state index is 13.4. The first-order valence-electron chi connectivity index (χ1n) is 10.0. The highest BCUT2D eigenvalue weighted by atomic mass is 32.1. The number of fused-ring (bicyclic) bond motifs is 2. The number of thiophene rings is 1. The summed E-state index contributed by atoms with van der Waals surface area (Å²) >= 11 is 1.60. The van der Waals surface area contributed by atoms with Crippen molar-refractivity contribution in [3.05, 3.63) is 22.7 Å². The Morgan fingerprint density at radius 2 is 1.89 bits per heavy atom. The van der Waals surface area contributed by atoms with Gasteiger partial charge in [0.05, 0.1) is 11.8 Å². The highest BCUT2D eigenvalue weighted by Gasteiger charge is 2.54. The van der Waals surface area contributed by atoms with E-state index in [1.807, 2.05) is 26.6 Å². The molecule has 0 unspecified atom stereocenters. The largest absolute Gasteiger partial charge is 0.339 e. The van der Waals surface area contributed by atoms with E-state index in [1.54, 1.807) is 18.3 Å². The van der Waals surface area contributed by atoms with Gasteiger partial charge in [-0.2, -0.15) is 16.3 Å². The molecule has 1 saturated heterocycles. The van der Waals surface area contributed by atoms with Gasteiger partial charge in [0.1, 0.15) is 0 Å². The average molecular weight is 401 g/mol.